The van der Waals surface area contributed by atoms with E-state index >= 15 is 0 Å². The number of carbonyl (C=O) groups is 2. The smallest absolute Gasteiger partial charge is 0.276 e. The van der Waals surface area contributed by atoms with Gasteiger partial charge < -0.3 is 10.2 Å². The molecule has 2 N–H and O–H groups in total. The number of rotatable bonds is 4. The van der Waals surface area contributed by atoms with Crippen LogP contribution in [0.1, 0.15) is 72.7 Å². The van der Waals surface area contributed by atoms with Crippen molar-refractivity contribution in [2.75, 3.05) is 0 Å². The van der Waals surface area contributed by atoms with Gasteiger partial charge in [-0.15, -0.1) is 5.10 Å². The zero-order chi connectivity index (χ0) is 20.0. The number of carbonyl (C=O) groups excluding carboxylic acids is 2. The van der Waals surface area contributed by atoms with Gasteiger partial charge in [0.2, 0.25) is 5.91 Å². The predicted octanol–water partition coefficient (Wildman–Crippen LogP) is 1.10. The van der Waals surface area contributed by atoms with Crippen LogP contribution in [0, 0.1) is 5.92 Å². The molecule has 2 aromatic heterocycles. The molecule has 4 heterocycles. The minimum Gasteiger partial charge on any atom is -0.352 e. The number of H-pyrrole nitrogens is 1. The molecule has 3 aliphatic carbocycles. The molecule has 0 radical (unpaired) electrons. The fraction of sp³-hybridized carbons (Fsp3) is 0.667. The van der Waals surface area contributed by atoms with Crippen molar-refractivity contribution >= 4 is 11.8 Å². The van der Waals surface area contributed by atoms with Crippen molar-refractivity contribution in [3.05, 3.63) is 29.3 Å². The van der Waals surface area contributed by atoms with Crippen LogP contribution in [-0.2, 0) is 16.6 Å². The van der Waals surface area contributed by atoms with Crippen LogP contribution in [0.3, 0.4) is 0 Å². The Morgan fingerprint density at radius 1 is 1.13 bits per heavy atom. The second-order valence-corrected chi connectivity index (χ2v) is 9.90. The summed E-state index contributed by atoms with van der Waals surface area (Å²) in [4.78, 5) is 28.4. The van der Waals surface area contributed by atoms with E-state index in [0.29, 0.717) is 17.7 Å². The van der Waals surface area contributed by atoms with E-state index in [9.17, 15) is 9.59 Å². The van der Waals surface area contributed by atoms with Crippen molar-refractivity contribution in [1.29, 1.82) is 0 Å². The van der Waals surface area contributed by atoms with Crippen LogP contribution in [0.4, 0.5) is 0 Å². The van der Waals surface area contributed by atoms with Gasteiger partial charge in [-0.25, -0.2) is 4.68 Å². The third-order valence-electron chi connectivity index (χ3n) is 8.09. The summed E-state index contributed by atoms with van der Waals surface area (Å²) in [5.41, 5.74) is 2.30. The molecule has 2 saturated heterocycles. The summed E-state index contributed by atoms with van der Waals surface area (Å²) in [6, 6.07) is 0.898. The van der Waals surface area contributed by atoms with E-state index in [1.54, 1.807) is 0 Å². The van der Waals surface area contributed by atoms with Gasteiger partial charge in [-0.3, -0.25) is 14.7 Å². The number of amides is 2. The molecule has 30 heavy (non-hydrogen) atoms. The molecule has 2 saturated carbocycles. The second-order valence-electron chi connectivity index (χ2n) is 9.90. The van der Waals surface area contributed by atoms with Crippen molar-refractivity contribution < 1.29 is 9.59 Å². The van der Waals surface area contributed by atoms with Crippen LogP contribution in [0.5, 0.6) is 0 Å². The van der Waals surface area contributed by atoms with Gasteiger partial charge in [0.1, 0.15) is 0 Å². The first-order valence-electron chi connectivity index (χ1n) is 11.2. The topological polar surface area (TPSA) is 109 Å². The maximum Gasteiger partial charge on any atom is 0.276 e. The SMILES string of the molecule is O=C(c1cn(C2CC2)nn1)N1[C@@H]2CC[C@H]1CC(NC(=O)[C@]13C[C@H]1Cc1cn[nH]c13)C2. The Bertz CT molecular complexity index is 1040. The van der Waals surface area contributed by atoms with Crippen molar-refractivity contribution in [1.82, 2.24) is 35.4 Å². The van der Waals surface area contributed by atoms with Gasteiger partial charge >= 0.3 is 0 Å². The first-order chi connectivity index (χ1) is 14.6. The molecule has 2 aliphatic heterocycles. The molecular weight excluding hydrogens is 382 g/mol. The largest absolute Gasteiger partial charge is 0.352 e. The van der Waals surface area contributed by atoms with E-state index < -0.39 is 0 Å². The number of nitrogens with zero attached hydrogens (tertiary/aromatic N) is 5. The molecule has 5 aliphatic rings. The molecular formula is C21H25N7O2. The highest BCUT2D eigenvalue weighted by Gasteiger charge is 2.66. The van der Waals surface area contributed by atoms with E-state index in [2.05, 4.69) is 25.8 Å². The highest BCUT2D eigenvalue weighted by molar-refractivity contribution is 5.94. The number of piperidine rings is 1. The Morgan fingerprint density at radius 3 is 2.67 bits per heavy atom. The van der Waals surface area contributed by atoms with Crippen molar-refractivity contribution in [3.63, 3.8) is 0 Å². The summed E-state index contributed by atoms with van der Waals surface area (Å²) in [6.07, 6.45) is 11.4. The van der Waals surface area contributed by atoms with Crippen molar-refractivity contribution in [2.24, 2.45) is 5.92 Å². The standard InChI is InChI=1S/C21H25N7O2/c29-19(17-10-27(26-24-17)14-1-2-14)28-15-3-4-16(28)7-13(6-15)23-20(30)21-8-12(21)5-11-9-22-25-18(11)21/h9-10,12-16H,1-8H2,(H,22,25)(H,23,30)/t12-,13?,15-,16+,21-/m1/s1. The van der Waals surface area contributed by atoms with E-state index in [-0.39, 0.29) is 35.4 Å². The zero-order valence-corrected chi connectivity index (χ0v) is 16.8. The predicted molar refractivity (Wildman–Crippen MR) is 105 cm³/mol. The highest BCUT2D eigenvalue weighted by Crippen LogP contribution is 2.61. The summed E-state index contributed by atoms with van der Waals surface area (Å²) < 4.78 is 1.83. The highest BCUT2D eigenvalue weighted by atomic mass is 16.2. The van der Waals surface area contributed by atoms with Gasteiger partial charge in [-0.05, 0) is 62.8 Å². The summed E-state index contributed by atoms with van der Waals surface area (Å²) >= 11 is 0. The lowest BCUT2D eigenvalue weighted by Crippen LogP contribution is -2.53. The second kappa shape index (κ2) is 5.70. The number of hydrogen-bond donors (Lipinski definition) is 2. The summed E-state index contributed by atoms with van der Waals surface area (Å²) in [5.74, 6) is 0.569. The minimum absolute atomic E-state index is 0.00192. The number of fused-ring (bicyclic) bond motifs is 5. The van der Waals surface area contributed by atoms with Gasteiger partial charge in [0.05, 0.1) is 29.5 Å². The fourth-order valence-corrected chi connectivity index (χ4v) is 6.36. The Hall–Kier alpha value is -2.71. The van der Waals surface area contributed by atoms with Crippen LogP contribution in [0.25, 0.3) is 0 Å². The van der Waals surface area contributed by atoms with Gasteiger partial charge in [-0.2, -0.15) is 5.10 Å². The molecule has 156 valence electrons. The third-order valence-corrected chi connectivity index (χ3v) is 8.09. The quantitative estimate of drug-likeness (QED) is 0.789. The molecule has 2 bridgehead atoms. The van der Waals surface area contributed by atoms with Gasteiger partial charge in [-0.1, -0.05) is 5.21 Å². The molecule has 2 amide bonds. The summed E-state index contributed by atoms with van der Waals surface area (Å²) in [7, 11) is 0. The lowest BCUT2D eigenvalue weighted by atomic mass is 9.94. The van der Waals surface area contributed by atoms with Crippen molar-refractivity contribution in [2.45, 2.75) is 80.9 Å². The number of aromatic nitrogens is 5. The number of aromatic amines is 1. The normalized spacial score (nSPS) is 35.8. The number of hydrogen-bond acceptors (Lipinski definition) is 5. The Labute approximate surface area is 173 Å². The molecule has 0 spiro atoms. The first-order valence-corrected chi connectivity index (χ1v) is 11.2. The summed E-state index contributed by atoms with van der Waals surface area (Å²) in [6.45, 7) is 0. The Balaban J connectivity index is 1.05. The molecule has 4 fully saturated rings. The average molecular weight is 407 g/mol. The molecule has 2 aromatic rings. The fourth-order valence-electron chi connectivity index (χ4n) is 6.36. The van der Waals surface area contributed by atoms with Crippen molar-refractivity contribution in [3.8, 4) is 0 Å². The maximum absolute atomic E-state index is 13.2. The van der Waals surface area contributed by atoms with Crippen LogP contribution in [-0.4, -0.2) is 60.0 Å². The molecule has 0 aromatic carbocycles. The number of nitrogens with one attached hydrogen (secondary N) is 2. The van der Waals surface area contributed by atoms with Crippen LogP contribution < -0.4 is 5.32 Å². The first kappa shape index (κ1) is 17.0. The van der Waals surface area contributed by atoms with Crippen LogP contribution in [0.2, 0.25) is 0 Å². The Kier molecular flexibility index (Phi) is 3.24. The van der Waals surface area contributed by atoms with Gasteiger partial charge in [0, 0.05) is 18.1 Å². The van der Waals surface area contributed by atoms with E-state index in [1.165, 1.54) is 5.56 Å². The zero-order valence-electron chi connectivity index (χ0n) is 16.8. The molecule has 9 nitrogen and oxygen atoms in total. The molecule has 5 atom stereocenters. The monoisotopic (exact) mass is 407 g/mol. The van der Waals surface area contributed by atoms with Gasteiger partial charge in [0.25, 0.3) is 5.91 Å². The van der Waals surface area contributed by atoms with Crippen LogP contribution in [0.15, 0.2) is 12.4 Å². The third kappa shape index (κ3) is 2.26. The molecule has 9 heteroatoms. The maximum atomic E-state index is 13.2. The van der Waals surface area contributed by atoms with E-state index in [0.717, 1.165) is 57.1 Å². The lowest BCUT2D eigenvalue weighted by Gasteiger charge is -2.39. The minimum atomic E-state index is -0.376. The molecule has 7 rings (SSSR count). The Morgan fingerprint density at radius 2 is 1.90 bits per heavy atom. The summed E-state index contributed by atoms with van der Waals surface area (Å²) in [5, 5.41) is 18.8. The average Bonchev–Trinajstić information content (AvgIpc) is 3.49. The lowest BCUT2D eigenvalue weighted by molar-refractivity contribution is -0.125. The molecule has 1 unspecified atom stereocenters. The van der Waals surface area contributed by atoms with E-state index in [4.69, 9.17) is 0 Å². The van der Waals surface area contributed by atoms with Crippen LogP contribution >= 0.6 is 0 Å². The van der Waals surface area contributed by atoms with E-state index in [1.807, 2.05) is 22.0 Å². The van der Waals surface area contributed by atoms with Gasteiger partial charge in [0.15, 0.2) is 5.69 Å².